The molecule has 21 N–H and O–H groups in total. The van der Waals surface area contributed by atoms with E-state index < -0.39 is 243 Å². The Bertz CT molecular complexity index is 3060. The van der Waals surface area contributed by atoms with Crippen molar-refractivity contribution in [2.24, 2.45) is 16.6 Å². The number of aliphatic hydroxyl groups excluding tert-OH is 8. The van der Waals surface area contributed by atoms with E-state index in [2.05, 4.69) is 58.2 Å². The van der Waals surface area contributed by atoms with Gasteiger partial charge in [-0.05, 0) is 79.6 Å². The van der Waals surface area contributed by atoms with Gasteiger partial charge in [0.25, 0.3) is 0 Å². The first kappa shape index (κ1) is 95.3. The molecule has 0 bridgehead atoms. The molecule has 0 aromatic carbocycles. The molecule has 620 valence electrons. The highest BCUT2D eigenvalue weighted by atomic mass is 16.7. The van der Waals surface area contributed by atoms with Gasteiger partial charge < -0.3 is 138 Å². The predicted octanol–water partition coefficient (Wildman–Crippen LogP) is -8.01. The molecule has 8 unspecified atom stereocenters. The highest BCUT2D eigenvalue weighted by molar-refractivity contribution is 5.99. The van der Waals surface area contributed by atoms with Crippen LogP contribution in [0.4, 0.5) is 0 Å². The molecule has 21 atom stereocenters. The summed E-state index contributed by atoms with van der Waals surface area (Å²) in [4.78, 5) is 181. The van der Waals surface area contributed by atoms with Crippen LogP contribution in [0.15, 0.2) is 16.8 Å². The second kappa shape index (κ2) is 48.7. The van der Waals surface area contributed by atoms with E-state index in [9.17, 15) is 108 Å². The van der Waals surface area contributed by atoms with Crippen LogP contribution in [0.3, 0.4) is 0 Å². The molecule has 0 aromatic heterocycles. The summed E-state index contributed by atoms with van der Waals surface area (Å²) in [6.07, 6.45) is -16.0. The molecule has 41 heteroatoms. The largest absolute Gasteiger partial charge is 0.481 e. The molecule has 3 fully saturated rings. The fourth-order valence-corrected chi connectivity index (χ4v) is 11.5. The zero-order chi connectivity index (χ0) is 81.9. The maximum absolute atomic E-state index is 14.4. The number of carboxylic acids is 1. The van der Waals surface area contributed by atoms with Crippen LogP contribution in [0, 0.1) is 5.92 Å². The van der Waals surface area contributed by atoms with Gasteiger partial charge in [-0.1, -0.05) is 46.1 Å². The summed E-state index contributed by atoms with van der Waals surface area (Å²) in [5.41, 5.74) is 7.04. The number of nitrogens with one attached hydrogen (secondary N) is 10. The summed E-state index contributed by atoms with van der Waals surface area (Å²) in [5, 5.41) is 118. The minimum absolute atomic E-state index is 0.0614. The fraction of sp³-hybridized carbons (Fsp3) is 0.765. The van der Waals surface area contributed by atoms with Crippen molar-refractivity contribution in [2.45, 2.75) is 261 Å². The summed E-state index contributed by atoms with van der Waals surface area (Å²) in [6.45, 7) is 12.8. The lowest BCUT2D eigenvalue weighted by molar-refractivity contribution is -0.345. The van der Waals surface area contributed by atoms with E-state index in [0.717, 1.165) is 18.2 Å². The van der Waals surface area contributed by atoms with E-state index in [0.29, 0.717) is 38.2 Å². The number of likely N-dealkylation sites (tertiary alicyclic amines) is 1. The van der Waals surface area contributed by atoms with E-state index in [1.165, 1.54) is 47.0 Å². The van der Waals surface area contributed by atoms with Crippen molar-refractivity contribution in [1.29, 1.82) is 0 Å². The van der Waals surface area contributed by atoms with E-state index in [-0.39, 0.29) is 58.2 Å². The monoisotopic (exact) mass is 1560 g/mol. The number of ether oxygens (including phenoxy) is 6. The van der Waals surface area contributed by atoms with E-state index >= 15 is 0 Å². The van der Waals surface area contributed by atoms with Gasteiger partial charge in [-0.3, -0.25) is 67.3 Å². The SMILES string of the molecule is CC=N/C=C(\C)C[C@H](NC(=O)CCC(=O)NCCOCCOCCC)C(=O)NCC(=O)NC(C(=O)N[C@H](C(=O)N[C@@H](CO)C(=O)N[C@@H](C)C(=O)N1CCCC1C(=O)N[C@@H](CC(=O)O)C(=O)N[C@H](C(=O)N[C@@H](CCCC)C(C)=O)C(C)O[C@H]1OC(CO)[C@H](O)[C@H](O[C@@H]2OC(CO)[C@H](O)C(O)[C@@H]2O)C1N)C(C)O)C(C)C. The molecule has 0 spiro atoms. The van der Waals surface area contributed by atoms with Crippen LogP contribution in [-0.2, 0) is 90.8 Å². The van der Waals surface area contributed by atoms with E-state index in [1.54, 1.807) is 13.8 Å². The summed E-state index contributed by atoms with van der Waals surface area (Å²) in [7, 11) is 0. The van der Waals surface area contributed by atoms with Gasteiger partial charge in [0.05, 0.1) is 76.9 Å². The predicted molar refractivity (Wildman–Crippen MR) is 381 cm³/mol. The molecule has 3 rings (SSSR count). The number of Topliss-reactive ketones (excluding diaryl/α,β-unsaturated/α-hetero) is 1. The number of hydrogen-bond donors (Lipinski definition) is 20. The van der Waals surface area contributed by atoms with Crippen LogP contribution in [-0.4, -0.2) is 328 Å². The van der Waals surface area contributed by atoms with E-state index in [4.69, 9.17) is 34.2 Å². The lowest BCUT2D eigenvalue weighted by atomic mass is 9.96. The number of hydrogen-bond acceptors (Lipinski definition) is 29. The average molecular weight is 1560 g/mol. The topological polar surface area (TPSA) is 621 Å². The van der Waals surface area contributed by atoms with Crippen LogP contribution >= 0.6 is 0 Å². The van der Waals surface area contributed by atoms with Crippen LogP contribution < -0.4 is 58.9 Å². The Balaban J connectivity index is 1.74. The maximum Gasteiger partial charge on any atom is 0.305 e. The van der Waals surface area contributed by atoms with Crippen molar-refractivity contribution in [3.05, 3.63) is 11.8 Å². The molecule has 41 nitrogen and oxygen atoms in total. The first-order chi connectivity index (χ1) is 51.5. The summed E-state index contributed by atoms with van der Waals surface area (Å²) < 4.78 is 33.7. The fourth-order valence-electron chi connectivity index (χ4n) is 11.5. The molecule has 0 radical (unpaired) electrons. The number of aliphatic imine (C=N–C) groups is 1. The Morgan fingerprint density at radius 1 is 0.615 bits per heavy atom. The molecular formula is C68H115N13O28. The molecule has 3 aliphatic rings. The number of aliphatic hydroxyl groups is 8. The van der Waals surface area contributed by atoms with Crippen molar-refractivity contribution < 1.29 is 137 Å². The standard InChI is InChI=1S/C68H115N13O28/c1-11-14-16-39(36(8)85)75-65(102)53(38(10)106-67-50(69)58(55(93)45(32-84)107-67)109-68-57(95)56(94)54(92)44(31-83)108-68)80-60(97)41(27-49(90)91)76-62(99)43-17-15-21-81(43)66(103)35(7)73-61(98)42(30-82)77-64(101)52(37(9)86)79-63(100)51(33(4)5)78-48(89)29-72-59(96)40(26-34(6)28-70-13-3)74-47(88)19-18-46(87)71-20-23-105-25-24-104-22-12-2/h13,28,33,35,37-45,50-58,67-68,82-84,86,92-95H,11-12,14-27,29-32,69H2,1-10H3,(H,71,87)(H,72,96)(H,73,98)(H,74,88)(H,75,102)(H,76,99)(H,77,101)(H,78,89)(H,79,100)(H,80,97)(H,90,91)/b34-28+,70-13?/t35-,37?,38?,39-,40-,41-,42-,43?,44?,45?,50?,51?,52-,53-,54-,55-,56?,57-,58+,67-,68-/m0/s1. The minimum Gasteiger partial charge on any atom is -0.481 e. The Morgan fingerprint density at radius 2 is 1.20 bits per heavy atom. The van der Waals surface area contributed by atoms with Gasteiger partial charge in [-0.25, -0.2) is 0 Å². The normalized spacial score (nSPS) is 24.3. The molecule has 3 aliphatic heterocycles. The Labute approximate surface area is 631 Å². The van der Waals surface area contributed by atoms with Crippen LogP contribution in [0.25, 0.3) is 0 Å². The van der Waals surface area contributed by atoms with Gasteiger partial charge in [0, 0.05) is 45.0 Å². The van der Waals surface area contributed by atoms with Gasteiger partial charge in [-0.2, -0.15) is 0 Å². The van der Waals surface area contributed by atoms with Gasteiger partial charge in [0.1, 0.15) is 91.1 Å². The molecule has 0 saturated carbocycles. The first-order valence-corrected chi connectivity index (χ1v) is 36.4. The van der Waals surface area contributed by atoms with Crippen LogP contribution in [0.5, 0.6) is 0 Å². The summed E-state index contributed by atoms with van der Waals surface area (Å²) in [6, 6.07) is -16.2. The molecule has 109 heavy (non-hydrogen) atoms. The summed E-state index contributed by atoms with van der Waals surface area (Å²) >= 11 is 0. The van der Waals surface area contributed by atoms with Crippen molar-refractivity contribution in [3.8, 4) is 0 Å². The van der Waals surface area contributed by atoms with E-state index in [1.807, 2.05) is 13.8 Å². The van der Waals surface area contributed by atoms with Crippen molar-refractivity contribution in [1.82, 2.24) is 58.1 Å². The second-order valence-electron chi connectivity index (χ2n) is 27.1. The third-order valence-corrected chi connectivity index (χ3v) is 17.7. The smallest absolute Gasteiger partial charge is 0.305 e. The van der Waals surface area contributed by atoms with Crippen molar-refractivity contribution >= 4 is 82.9 Å². The average Bonchev–Trinajstić information content (AvgIpc) is 1.48. The van der Waals surface area contributed by atoms with Crippen molar-refractivity contribution in [2.75, 3.05) is 65.9 Å². The number of ketones is 1. The molecule has 0 aromatic rings. The minimum atomic E-state index is -2.03. The number of aliphatic carboxylic acids is 1. The maximum atomic E-state index is 14.4. The van der Waals surface area contributed by atoms with Crippen molar-refractivity contribution in [3.63, 3.8) is 0 Å². The Kier molecular flexibility index (Phi) is 42.6. The lowest BCUT2D eigenvalue weighted by Crippen LogP contribution is -2.67. The van der Waals surface area contributed by atoms with Gasteiger partial charge in [0.2, 0.25) is 65.0 Å². The molecule has 3 saturated heterocycles. The summed E-state index contributed by atoms with van der Waals surface area (Å²) in [5.74, 6) is -13.6. The number of nitrogens with zero attached hydrogens (tertiary/aromatic N) is 2. The number of rotatable bonds is 48. The Hall–Kier alpha value is -7.88. The van der Waals surface area contributed by atoms with Gasteiger partial charge in [-0.15, -0.1) is 0 Å². The number of carboxylic acid groups (broad SMARTS) is 1. The van der Waals surface area contributed by atoms with Gasteiger partial charge in [0.15, 0.2) is 18.4 Å². The first-order valence-electron chi connectivity index (χ1n) is 36.4. The van der Waals surface area contributed by atoms with Crippen LogP contribution in [0.1, 0.15) is 133 Å². The third kappa shape index (κ3) is 31.1. The number of carbonyl (C=O) groups excluding carboxylic acids is 12. The van der Waals surface area contributed by atoms with Crippen LogP contribution in [0.2, 0.25) is 0 Å². The molecular weight excluding hydrogens is 1450 g/mol. The van der Waals surface area contributed by atoms with Gasteiger partial charge >= 0.3 is 5.97 Å². The quantitative estimate of drug-likeness (QED) is 0.0199. The third-order valence-electron chi connectivity index (χ3n) is 17.7. The highest BCUT2D eigenvalue weighted by Crippen LogP contribution is 2.30. The number of carbonyl (C=O) groups is 13. The molecule has 3 heterocycles. The lowest BCUT2D eigenvalue weighted by Gasteiger charge is -2.47. The zero-order valence-corrected chi connectivity index (χ0v) is 63.3. The molecule has 0 aliphatic carbocycles. The zero-order valence-electron chi connectivity index (χ0n) is 63.3. The molecule has 11 amide bonds. The number of nitrogens with two attached hydrogens (primary N) is 1. The number of unbranched alkanes of at least 4 members (excludes halogenated alkanes) is 1. The highest BCUT2D eigenvalue weighted by Gasteiger charge is 2.52. The number of amides is 11. The second-order valence-corrected chi connectivity index (χ2v) is 27.1. The Morgan fingerprint density at radius 3 is 1.80 bits per heavy atom.